The molecule has 7 heteroatoms. The maximum atomic E-state index is 11.1. The van der Waals surface area contributed by atoms with Crippen molar-refractivity contribution >= 4 is 16.0 Å². The van der Waals surface area contributed by atoms with Gasteiger partial charge in [-0.1, -0.05) is 0 Å². The Morgan fingerprint density at radius 2 is 2.21 bits per heavy atom. The van der Waals surface area contributed by atoms with Crippen molar-refractivity contribution in [2.75, 3.05) is 19.4 Å². The van der Waals surface area contributed by atoms with E-state index in [0.717, 1.165) is 7.11 Å². The van der Waals surface area contributed by atoms with Crippen LogP contribution in [0.1, 0.15) is 12.8 Å². The predicted molar refractivity (Wildman–Crippen MR) is 48.7 cm³/mol. The normalized spacial score (nSPS) is 10.6. The van der Waals surface area contributed by atoms with Gasteiger partial charge >= 0.3 is 5.97 Å². The molecule has 0 atom stereocenters. The molecule has 80 valence electrons. The summed E-state index contributed by atoms with van der Waals surface area (Å²) in [6.07, 6.45) is 0.706. The fraction of sp³-hybridized carbons (Fsp3) is 0.714. The SMILES string of the molecule is COC(=O)CS(=O)(=O)NCCCC#N. The first kappa shape index (κ1) is 12.9. The Morgan fingerprint density at radius 1 is 1.57 bits per heavy atom. The maximum Gasteiger partial charge on any atom is 0.322 e. The number of esters is 1. The second kappa shape index (κ2) is 6.34. The summed E-state index contributed by atoms with van der Waals surface area (Å²) in [7, 11) is -2.49. The number of hydrogen-bond acceptors (Lipinski definition) is 5. The molecule has 0 unspecified atom stereocenters. The number of carbonyl (C=O) groups excluding carboxylic acids is 1. The topological polar surface area (TPSA) is 96.3 Å². The molecule has 0 amide bonds. The molecular weight excluding hydrogens is 208 g/mol. The third-order valence-corrected chi connectivity index (χ3v) is 2.58. The number of sulfonamides is 1. The fourth-order valence-corrected chi connectivity index (χ4v) is 1.65. The average Bonchev–Trinajstić information content (AvgIpc) is 2.12. The second-order valence-electron chi connectivity index (χ2n) is 2.49. The Kier molecular flexibility index (Phi) is 5.83. The van der Waals surface area contributed by atoms with E-state index in [2.05, 4.69) is 9.46 Å². The number of hydrogen-bond donors (Lipinski definition) is 1. The number of nitriles is 1. The lowest BCUT2D eigenvalue weighted by Crippen LogP contribution is -2.31. The smallest absolute Gasteiger partial charge is 0.322 e. The van der Waals surface area contributed by atoms with Crippen LogP contribution in [0.5, 0.6) is 0 Å². The summed E-state index contributed by atoms with van der Waals surface area (Å²) >= 11 is 0. The molecule has 0 aromatic carbocycles. The zero-order valence-corrected chi connectivity index (χ0v) is 8.63. The number of ether oxygens (including phenoxy) is 1. The van der Waals surface area contributed by atoms with E-state index in [1.165, 1.54) is 0 Å². The highest BCUT2D eigenvalue weighted by Crippen LogP contribution is 1.89. The highest BCUT2D eigenvalue weighted by atomic mass is 32.2. The molecule has 0 rings (SSSR count). The summed E-state index contributed by atoms with van der Waals surface area (Å²) in [6.45, 7) is 0.160. The van der Waals surface area contributed by atoms with Crippen LogP contribution in [0.2, 0.25) is 0 Å². The Balaban J connectivity index is 3.86. The van der Waals surface area contributed by atoms with Crippen LogP contribution in [0.25, 0.3) is 0 Å². The summed E-state index contributed by atoms with van der Waals surface area (Å²) in [4.78, 5) is 10.6. The van der Waals surface area contributed by atoms with Crippen LogP contribution in [0.15, 0.2) is 0 Å². The minimum Gasteiger partial charge on any atom is -0.468 e. The maximum absolute atomic E-state index is 11.1. The quantitative estimate of drug-likeness (QED) is 0.475. The molecule has 0 radical (unpaired) electrons. The third-order valence-electron chi connectivity index (χ3n) is 1.32. The molecule has 0 aliphatic rings. The van der Waals surface area contributed by atoms with Gasteiger partial charge in [-0.15, -0.1) is 0 Å². The molecule has 1 N–H and O–H groups in total. The van der Waals surface area contributed by atoms with Crippen molar-refractivity contribution in [2.45, 2.75) is 12.8 Å². The molecule has 0 bridgehead atoms. The Morgan fingerprint density at radius 3 is 2.71 bits per heavy atom. The highest BCUT2D eigenvalue weighted by Gasteiger charge is 2.15. The minimum atomic E-state index is -3.61. The van der Waals surface area contributed by atoms with Gasteiger partial charge < -0.3 is 4.74 Å². The summed E-state index contributed by atoms with van der Waals surface area (Å²) in [5.41, 5.74) is 0. The molecule has 0 saturated heterocycles. The van der Waals surface area contributed by atoms with E-state index in [0.29, 0.717) is 6.42 Å². The largest absolute Gasteiger partial charge is 0.468 e. The van der Waals surface area contributed by atoms with Gasteiger partial charge in [0.25, 0.3) is 0 Å². The van der Waals surface area contributed by atoms with Gasteiger partial charge in [0.2, 0.25) is 10.0 Å². The molecule has 0 aliphatic carbocycles. The lowest BCUT2D eigenvalue weighted by atomic mass is 10.3. The zero-order chi connectivity index (χ0) is 11.0. The fourth-order valence-electron chi connectivity index (χ4n) is 0.660. The number of methoxy groups -OCH3 is 1. The molecule has 0 saturated carbocycles. The van der Waals surface area contributed by atoms with Gasteiger partial charge in [-0.25, -0.2) is 13.1 Å². The molecule has 14 heavy (non-hydrogen) atoms. The van der Waals surface area contributed by atoms with Crippen LogP contribution < -0.4 is 4.72 Å². The van der Waals surface area contributed by atoms with Crippen LogP contribution >= 0.6 is 0 Å². The number of unbranched alkanes of at least 4 members (excludes halogenated alkanes) is 1. The van der Waals surface area contributed by atoms with Gasteiger partial charge in [0.1, 0.15) is 0 Å². The second-order valence-corrected chi connectivity index (χ2v) is 4.30. The van der Waals surface area contributed by atoms with Crippen molar-refractivity contribution in [3.63, 3.8) is 0 Å². The average molecular weight is 220 g/mol. The van der Waals surface area contributed by atoms with E-state index < -0.39 is 21.7 Å². The summed E-state index contributed by atoms with van der Waals surface area (Å²) in [6, 6.07) is 1.88. The van der Waals surface area contributed by atoms with Gasteiger partial charge in [-0.05, 0) is 6.42 Å². The molecule has 0 aromatic rings. The van der Waals surface area contributed by atoms with E-state index >= 15 is 0 Å². The Hall–Kier alpha value is -1.13. The first-order chi connectivity index (χ1) is 6.52. The lowest BCUT2D eigenvalue weighted by Gasteiger charge is -2.03. The van der Waals surface area contributed by atoms with Crippen molar-refractivity contribution in [3.8, 4) is 6.07 Å². The van der Waals surface area contributed by atoms with Crippen LogP contribution in [-0.2, 0) is 19.6 Å². The van der Waals surface area contributed by atoms with E-state index in [9.17, 15) is 13.2 Å². The van der Waals surface area contributed by atoms with E-state index in [-0.39, 0.29) is 13.0 Å². The van der Waals surface area contributed by atoms with E-state index in [1.54, 1.807) is 0 Å². The first-order valence-corrected chi connectivity index (χ1v) is 5.58. The molecule has 0 aliphatic heterocycles. The molecule has 0 fully saturated rings. The monoisotopic (exact) mass is 220 g/mol. The Labute approximate surface area is 82.9 Å². The van der Waals surface area contributed by atoms with Crippen molar-refractivity contribution in [3.05, 3.63) is 0 Å². The van der Waals surface area contributed by atoms with E-state index in [1.807, 2.05) is 6.07 Å². The van der Waals surface area contributed by atoms with Crippen LogP contribution in [0.3, 0.4) is 0 Å². The number of carbonyl (C=O) groups is 1. The van der Waals surface area contributed by atoms with Crippen LogP contribution in [0.4, 0.5) is 0 Å². The molecule has 6 nitrogen and oxygen atoms in total. The van der Waals surface area contributed by atoms with Gasteiger partial charge in [0.05, 0.1) is 13.2 Å². The number of nitrogens with zero attached hydrogens (tertiary/aromatic N) is 1. The third kappa shape index (κ3) is 6.39. The molecule has 0 spiro atoms. The summed E-state index contributed by atoms with van der Waals surface area (Å²) < 4.78 is 28.5. The number of rotatable bonds is 6. The van der Waals surface area contributed by atoms with Gasteiger partial charge in [-0.3, -0.25) is 4.79 Å². The van der Waals surface area contributed by atoms with Gasteiger partial charge in [0.15, 0.2) is 5.75 Å². The van der Waals surface area contributed by atoms with Crippen LogP contribution in [-0.4, -0.2) is 33.8 Å². The summed E-state index contributed by atoms with van der Waals surface area (Å²) in [5, 5.41) is 8.18. The zero-order valence-electron chi connectivity index (χ0n) is 7.82. The molecular formula is C7H12N2O4S. The van der Waals surface area contributed by atoms with Gasteiger partial charge in [-0.2, -0.15) is 5.26 Å². The molecule has 0 aromatic heterocycles. The minimum absolute atomic E-state index is 0.160. The lowest BCUT2D eigenvalue weighted by molar-refractivity contribution is -0.137. The number of nitrogens with one attached hydrogen (secondary N) is 1. The van der Waals surface area contributed by atoms with Gasteiger partial charge in [0, 0.05) is 13.0 Å². The highest BCUT2D eigenvalue weighted by molar-refractivity contribution is 7.90. The standard InChI is InChI=1S/C7H12N2O4S/c1-13-7(10)6-14(11,12)9-5-3-2-4-8/h9H,2-3,5-6H2,1H3. The Bertz CT molecular complexity index is 317. The predicted octanol–water partition coefficient (Wildman–Crippen LogP) is -0.617. The first-order valence-electron chi connectivity index (χ1n) is 3.93. The summed E-state index contributed by atoms with van der Waals surface area (Å²) in [5.74, 6) is -1.49. The molecule has 0 heterocycles. The van der Waals surface area contributed by atoms with Crippen molar-refractivity contribution in [1.29, 1.82) is 5.26 Å². The van der Waals surface area contributed by atoms with Crippen LogP contribution in [0, 0.1) is 11.3 Å². The van der Waals surface area contributed by atoms with E-state index in [4.69, 9.17) is 5.26 Å². The van der Waals surface area contributed by atoms with Crippen molar-refractivity contribution in [2.24, 2.45) is 0 Å². The van der Waals surface area contributed by atoms with Crippen molar-refractivity contribution < 1.29 is 17.9 Å². The van der Waals surface area contributed by atoms with Crippen molar-refractivity contribution in [1.82, 2.24) is 4.72 Å².